The first-order valence-electron chi connectivity index (χ1n) is 8.30. The van der Waals surface area contributed by atoms with Crippen molar-refractivity contribution in [2.75, 3.05) is 20.6 Å². The van der Waals surface area contributed by atoms with Crippen LogP contribution < -0.4 is 5.32 Å². The normalized spacial score (nSPS) is 14.5. The van der Waals surface area contributed by atoms with Crippen molar-refractivity contribution >= 4 is 6.03 Å². The second kappa shape index (κ2) is 7.04. The van der Waals surface area contributed by atoms with Gasteiger partial charge in [-0.2, -0.15) is 5.10 Å². The summed E-state index contributed by atoms with van der Waals surface area (Å²) in [6.07, 6.45) is 3.88. The van der Waals surface area contributed by atoms with Gasteiger partial charge in [0, 0.05) is 46.1 Å². The van der Waals surface area contributed by atoms with Gasteiger partial charge in [0.15, 0.2) is 0 Å². The lowest BCUT2D eigenvalue weighted by Gasteiger charge is -2.27. The zero-order valence-corrected chi connectivity index (χ0v) is 14.6. The van der Waals surface area contributed by atoms with E-state index in [1.165, 1.54) is 10.6 Å². The molecule has 3 heterocycles. The van der Waals surface area contributed by atoms with Gasteiger partial charge in [-0.3, -0.25) is 9.58 Å². The first-order valence-corrected chi connectivity index (χ1v) is 8.30. The summed E-state index contributed by atoms with van der Waals surface area (Å²) in [6.45, 7) is 7.04. The van der Waals surface area contributed by atoms with E-state index in [2.05, 4.69) is 37.9 Å². The van der Waals surface area contributed by atoms with Crippen molar-refractivity contribution < 1.29 is 4.79 Å². The van der Waals surface area contributed by atoms with Gasteiger partial charge in [0.1, 0.15) is 5.82 Å². The van der Waals surface area contributed by atoms with Crippen LogP contribution in [0.4, 0.5) is 4.79 Å². The number of fused-ring (bicyclic) bond motifs is 1. The Morgan fingerprint density at radius 3 is 2.96 bits per heavy atom. The van der Waals surface area contributed by atoms with E-state index >= 15 is 0 Å². The quantitative estimate of drug-likeness (QED) is 0.883. The largest absolute Gasteiger partial charge is 0.334 e. The van der Waals surface area contributed by atoms with Gasteiger partial charge in [0.25, 0.3) is 0 Å². The molecule has 0 fully saturated rings. The first-order chi connectivity index (χ1) is 11.6. The van der Waals surface area contributed by atoms with Crippen molar-refractivity contribution in [1.29, 1.82) is 0 Å². The first kappa shape index (κ1) is 16.5. The number of urea groups is 1. The average Bonchev–Trinajstić information content (AvgIpc) is 3.17. The minimum absolute atomic E-state index is 0.103. The SMILES string of the molecule is CCn1ccnc1CN1CCn2nc(CNC(=O)N(C)C)cc2C1. The number of imidazole rings is 1. The summed E-state index contributed by atoms with van der Waals surface area (Å²) in [5.74, 6) is 1.10. The third kappa shape index (κ3) is 3.59. The fourth-order valence-electron chi connectivity index (χ4n) is 2.91. The molecule has 0 bridgehead atoms. The van der Waals surface area contributed by atoms with Crippen LogP contribution in [0.5, 0.6) is 0 Å². The third-order valence-corrected chi connectivity index (χ3v) is 4.26. The van der Waals surface area contributed by atoms with Gasteiger partial charge in [-0.05, 0) is 13.0 Å². The molecule has 0 saturated heterocycles. The fourth-order valence-corrected chi connectivity index (χ4v) is 2.91. The molecule has 0 aromatic carbocycles. The molecule has 2 amide bonds. The van der Waals surface area contributed by atoms with Gasteiger partial charge in [0.2, 0.25) is 0 Å². The Hall–Kier alpha value is -2.35. The molecule has 2 aromatic rings. The molecule has 1 aliphatic heterocycles. The molecule has 0 aliphatic carbocycles. The highest BCUT2D eigenvalue weighted by Crippen LogP contribution is 2.16. The second-order valence-corrected chi connectivity index (χ2v) is 6.24. The topological polar surface area (TPSA) is 71.2 Å². The molecule has 0 atom stereocenters. The minimum Gasteiger partial charge on any atom is -0.334 e. The van der Waals surface area contributed by atoms with E-state index in [9.17, 15) is 4.79 Å². The molecular weight excluding hydrogens is 306 g/mol. The molecule has 0 saturated carbocycles. The van der Waals surface area contributed by atoms with Crippen molar-refractivity contribution in [3.8, 4) is 0 Å². The van der Waals surface area contributed by atoms with Crippen LogP contribution in [0.2, 0.25) is 0 Å². The van der Waals surface area contributed by atoms with Crippen molar-refractivity contribution in [2.45, 2.75) is 39.6 Å². The molecule has 24 heavy (non-hydrogen) atoms. The maximum atomic E-state index is 11.6. The van der Waals surface area contributed by atoms with Crippen LogP contribution >= 0.6 is 0 Å². The maximum Gasteiger partial charge on any atom is 0.317 e. The maximum absolute atomic E-state index is 11.6. The van der Waals surface area contributed by atoms with Gasteiger partial charge < -0.3 is 14.8 Å². The number of rotatable bonds is 5. The van der Waals surface area contributed by atoms with Crippen LogP contribution in [0, 0.1) is 0 Å². The molecule has 0 spiro atoms. The predicted molar refractivity (Wildman–Crippen MR) is 90.2 cm³/mol. The Labute approximate surface area is 142 Å². The number of aromatic nitrogens is 4. The summed E-state index contributed by atoms with van der Waals surface area (Å²) < 4.78 is 4.22. The monoisotopic (exact) mass is 331 g/mol. The lowest BCUT2D eigenvalue weighted by atomic mass is 10.2. The highest BCUT2D eigenvalue weighted by atomic mass is 16.2. The van der Waals surface area contributed by atoms with Crippen molar-refractivity contribution in [1.82, 2.24) is 34.4 Å². The number of carbonyl (C=O) groups is 1. The molecule has 8 nitrogen and oxygen atoms in total. The number of hydrogen-bond acceptors (Lipinski definition) is 4. The zero-order chi connectivity index (χ0) is 17.1. The van der Waals surface area contributed by atoms with Gasteiger partial charge in [0.05, 0.1) is 31.0 Å². The van der Waals surface area contributed by atoms with Crippen LogP contribution in [0.25, 0.3) is 0 Å². The molecule has 130 valence electrons. The van der Waals surface area contributed by atoms with Crippen molar-refractivity contribution in [3.05, 3.63) is 35.7 Å². The smallest absolute Gasteiger partial charge is 0.317 e. The number of nitrogens with one attached hydrogen (secondary N) is 1. The molecule has 0 radical (unpaired) electrons. The molecule has 0 unspecified atom stereocenters. The van der Waals surface area contributed by atoms with E-state index in [0.29, 0.717) is 6.54 Å². The van der Waals surface area contributed by atoms with Crippen LogP contribution in [-0.4, -0.2) is 55.8 Å². The molecule has 8 heteroatoms. The summed E-state index contributed by atoms with van der Waals surface area (Å²) in [5.41, 5.74) is 2.09. The molecule has 2 aromatic heterocycles. The van der Waals surface area contributed by atoms with E-state index < -0.39 is 0 Å². The Kier molecular flexibility index (Phi) is 4.84. The Bertz CT molecular complexity index is 703. The van der Waals surface area contributed by atoms with E-state index in [4.69, 9.17) is 0 Å². The number of hydrogen-bond donors (Lipinski definition) is 1. The van der Waals surface area contributed by atoms with E-state index in [0.717, 1.165) is 44.2 Å². The number of carbonyl (C=O) groups excluding carboxylic acids is 1. The Morgan fingerprint density at radius 2 is 2.21 bits per heavy atom. The Morgan fingerprint density at radius 1 is 1.38 bits per heavy atom. The third-order valence-electron chi connectivity index (χ3n) is 4.26. The summed E-state index contributed by atoms with van der Waals surface area (Å²) >= 11 is 0. The summed E-state index contributed by atoms with van der Waals surface area (Å²) in [6, 6.07) is 1.97. The lowest BCUT2D eigenvalue weighted by molar-refractivity contribution is 0.198. The van der Waals surface area contributed by atoms with Crippen LogP contribution in [-0.2, 0) is 32.7 Å². The summed E-state index contributed by atoms with van der Waals surface area (Å²) in [7, 11) is 3.46. The average molecular weight is 331 g/mol. The van der Waals surface area contributed by atoms with Crippen LogP contribution in [0.1, 0.15) is 24.1 Å². The number of amides is 2. The van der Waals surface area contributed by atoms with Crippen LogP contribution in [0.15, 0.2) is 18.5 Å². The van der Waals surface area contributed by atoms with Crippen molar-refractivity contribution in [3.63, 3.8) is 0 Å². The van der Waals surface area contributed by atoms with Gasteiger partial charge in [-0.15, -0.1) is 0 Å². The van der Waals surface area contributed by atoms with Gasteiger partial charge in [-0.25, -0.2) is 9.78 Å². The molecule has 1 N–H and O–H groups in total. The number of aryl methyl sites for hydroxylation is 1. The Balaban J connectivity index is 1.60. The zero-order valence-electron chi connectivity index (χ0n) is 14.6. The fraction of sp³-hybridized carbons (Fsp3) is 0.562. The summed E-state index contributed by atoms with van der Waals surface area (Å²) in [4.78, 5) is 20.0. The minimum atomic E-state index is -0.103. The molecule has 3 rings (SSSR count). The highest BCUT2D eigenvalue weighted by molar-refractivity contribution is 5.73. The van der Waals surface area contributed by atoms with E-state index in [1.807, 2.05) is 17.1 Å². The second-order valence-electron chi connectivity index (χ2n) is 6.24. The molecule has 1 aliphatic rings. The van der Waals surface area contributed by atoms with E-state index in [-0.39, 0.29) is 6.03 Å². The standard InChI is InChI=1S/C16H25N7O/c1-4-22-6-5-17-15(22)12-21-7-8-23-14(11-21)9-13(19-23)10-18-16(24)20(2)3/h5-6,9H,4,7-8,10-12H2,1-3H3,(H,18,24). The van der Waals surface area contributed by atoms with Gasteiger partial charge in [-0.1, -0.05) is 0 Å². The summed E-state index contributed by atoms with van der Waals surface area (Å²) in [5, 5.41) is 7.44. The van der Waals surface area contributed by atoms with E-state index in [1.54, 1.807) is 14.1 Å². The van der Waals surface area contributed by atoms with Crippen LogP contribution in [0.3, 0.4) is 0 Å². The van der Waals surface area contributed by atoms with Gasteiger partial charge >= 0.3 is 6.03 Å². The lowest BCUT2D eigenvalue weighted by Crippen LogP contribution is -2.34. The molecular formula is C16H25N7O. The highest BCUT2D eigenvalue weighted by Gasteiger charge is 2.20. The predicted octanol–water partition coefficient (Wildman–Crippen LogP) is 0.887. The van der Waals surface area contributed by atoms with Crippen molar-refractivity contribution in [2.24, 2.45) is 0 Å². The number of nitrogens with zero attached hydrogens (tertiary/aromatic N) is 6.